The van der Waals surface area contributed by atoms with Crippen LogP contribution in [0.5, 0.6) is 0 Å². The normalized spacial score (nSPS) is 12.7. The molecule has 2 atom stereocenters. The van der Waals surface area contributed by atoms with Crippen molar-refractivity contribution in [2.24, 2.45) is 5.73 Å². The molecule has 0 radical (unpaired) electrons. The van der Waals surface area contributed by atoms with Crippen molar-refractivity contribution in [2.45, 2.75) is 91.3 Å². The number of carbonyl (C=O) groups is 4. The monoisotopic (exact) mass is 602 g/mol. The molecule has 0 bridgehead atoms. The van der Waals surface area contributed by atoms with Crippen LogP contribution in [0, 0.1) is 13.8 Å². The van der Waals surface area contributed by atoms with E-state index in [1.165, 1.54) is 4.90 Å². The lowest BCUT2D eigenvalue weighted by Crippen LogP contribution is -2.53. The predicted molar refractivity (Wildman–Crippen MR) is 174 cm³/mol. The minimum absolute atomic E-state index is 0.229. The summed E-state index contributed by atoms with van der Waals surface area (Å²) in [5.41, 5.74) is 7.90. The zero-order chi connectivity index (χ0) is 32.4. The number of primary amides is 1. The van der Waals surface area contributed by atoms with Crippen LogP contribution in [0.4, 0.5) is 10.5 Å². The second-order valence-electron chi connectivity index (χ2n) is 12.3. The topological polar surface area (TPSA) is 131 Å². The number of anilines is 1. The quantitative estimate of drug-likeness (QED) is 0.197. The number of alkyl carbamates (subject to hydrolysis) is 1. The third-order valence-corrected chi connectivity index (χ3v) is 7.35. The summed E-state index contributed by atoms with van der Waals surface area (Å²) in [7, 11) is 0. The van der Waals surface area contributed by atoms with Crippen LogP contribution in [0.25, 0.3) is 10.8 Å². The fourth-order valence-corrected chi connectivity index (χ4v) is 5.01. The van der Waals surface area contributed by atoms with E-state index in [9.17, 15) is 19.2 Å². The van der Waals surface area contributed by atoms with Gasteiger partial charge in [0, 0.05) is 12.2 Å². The lowest BCUT2D eigenvalue weighted by Gasteiger charge is -2.34. The number of benzene rings is 3. The van der Waals surface area contributed by atoms with Crippen molar-refractivity contribution in [2.75, 3.05) is 11.9 Å². The summed E-state index contributed by atoms with van der Waals surface area (Å²) in [6.45, 7) is 11.3. The van der Waals surface area contributed by atoms with Gasteiger partial charge in [-0.1, -0.05) is 74.7 Å². The summed E-state index contributed by atoms with van der Waals surface area (Å²) >= 11 is 0. The minimum atomic E-state index is -1.32. The van der Waals surface area contributed by atoms with Crippen molar-refractivity contribution in [1.29, 1.82) is 0 Å². The van der Waals surface area contributed by atoms with Crippen LogP contribution in [0.15, 0.2) is 60.7 Å². The van der Waals surface area contributed by atoms with Crippen LogP contribution in [0.3, 0.4) is 0 Å². The molecule has 236 valence electrons. The molecule has 3 aromatic rings. The average molecular weight is 603 g/mol. The molecule has 0 aliphatic rings. The zero-order valence-electron chi connectivity index (χ0n) is 26.7. The van der Waals surface area contributed by atoms with Crippen molar-refractivity contribution in [3.63, 3.8) is 0 Å². The summed E-state index contributed by atoms with van der Waals surface area (Å²) in [5, 5.41) is 7.55. The van der Waals surface area contributed by atoms with E-state index in [0.717, 1.165) is 41.2 Å². The zero-order valence-corrected chi connectivity index (χ0v) is 26.7. The van der Waals surface area contributed by atoms with Crippen molar-refractivity contribution in [3.05, 3.63) is 77.4 Å². The van der Waals surface area contributed by atoms with E-state index in [1.807, 2.05) is 74.5 Å². The number of amides is 4. The first-order valence-corrected chi connectivity index (χ1v) is 15.2. The van der Waals surface area contributed by atoms with Crippen molar-refractivity contribution in [3.8, 4) is 0 Å². The van der Waals surface area contributed by atoms with Crippen molar-refractivity contribution < 1.29 is 23.9 Å². The number of aryl methyl sites for hydroxylation is 2. The van der Waals surface area contributed by atoms with E-state index in [4.69, 9.17) is 10.5 Å². The second-order valence-corrected chi connectivity index (χ2v) is 12.3. The Bertz CT molecular complexity index is 1480. The molecule has 0 saturated heterocycles. The van der Waals surface area contributed by atoms with Gasteiger partial charge in [-0.05, 0) is 80.6 Å². The molecule has 0 spiro atoms. The molecule has 0 aliphatic carbocycles. The molecule has 9 heteroatoms. The molecule has 0 fully saturated rings. The van der Waals surface area contributed by atoms with Gasteiger partial charge in [0.2, 0.25) is 11.8 Å². The number of fused-ring (bicyclic) bond motifs is 1. The molecule has 4 amide bonds. The van der Waals surface area contributed by atoms with Gasteiger partial charge in [0.15, 0.2) is 0 Å². The van der Waals surface area contributed by atoms with Crippen LogP contribution < -0.4 is 16.4 Å². The lowest BCUT2D eigenvalue weighted by atomic mass is 9.97. The number of hydrogen-bond donors (Lipinski definition) is 3. The molecule has 0 aromatic heterocycles. The van der Waals surface area contributed by atoms with Crippen LogP contribution in [-0.4, -0.2) is 46.9 Å². The average Bonchev–Trinajstić information content (AvgIpc) is 2.94. The standard InChI is InChI=1S/C35H46N4O5/c1-7-8-9-12-19-39(33(42)29(22-30(36)40)38-34(43)44-35(4,5)6)31(27-16-15-23(2)24(3)20-27)32(41)37-28-18-17-25-13-10-11-14-26(25)21-28/h10-11,13-18,20-21,29,31H,7-9,12,19,22H2,1-6H3,(H2,36,40)(H,37,41)(H,38,43). The number of nitrogens with two attached hydrogens (primary N) is 1. The largest absolute Gasteiger partial charge is 0.444 e. The van der Waals surface area contributed by atoms with Gasteiger partial charge < -0.3 is 26.0 Å². The molecule has 44 heavy (non-hydrogen) atoms. The number of carbonyl (C=O) groups excluding carboxylic acids is 4. The Morgan fingerprint density at radius 1 is 0.886 bits per heavy atom. The number of unbranched alkanes of at least 4 members (excludes halogenated alkanes) is 3. The van der Waals surface area contributed by atoms with E-state index in [2.05, 4.69) is 17.6 Å². The summed E-state index contributed by atoms with van der Waals surface area (Å²) in [5.74, 6) is -1.78. The molecule has 0 aliphatic heterocycles. The Morgan fingerprint density at radius 2 is 1.59 bits per heavy atom. The Kier molecular flexibility index (Phi) is 11.9. The van der Waals surface area contributed by atoms with Gasteiger partial charge in [-0.3, -0.25) is 14.4 Å². The van der Waals surface area contributed by atoms with Gasteiger partial charge in [0.1, 0.15) is 17.7 Å². The van der Waals surface area contributed by atoms with E-state index >= 15 is 0 Å². The molecule has 3 aromatic carbocycles. The molecular formula is C35H46N4O5. The summed E-state index contributed by atoms with van der Waals surface area (Å²) in [4.78, 5) is 54.8. The maximum absolute atomic E-state index is 14.3. The highest BCUT2D eigenvalue weighted by molar-refractivity contribution is 6.01. The highest BCUT2D eigenvalue weighted by Gasteiger charge is 2.37. The summed E-state index contributed by atoms with van der Waals surface area (Å²) in [6.07, 6.45) is 2.11. The van der Waals surface area contributed by atoms with Crippen LogP contribution in [-0.2, 0) is 19.1 Å². The van der Waals surface area contributed by atoms with Gasteiger partial charge in [-0.15, -0.1) is 0 Å². The highest BCUT2D eigenvalue weighted by atomic mass is 16.6. The van der Waals surface area contributed by atoms with E-state index in [1.54, 1.807) is 20.8 Å². The maximum atomic E-state index is 14.3. The first-order chi connectivity index (χ1) is 20.8. The molecule has 3 rings (SSSR count). The van der Waals surface area contributed by atoms with Crippen LogP contribution in [0.2, 0.25) is 0 Å². The SMILES string of the molecule is CCCCCCN(C(=O)C(CC(N)=O)NC(=O)OC(C)(C)C)C(C(=O)Nc1ccc2ccccc2c1)c1ccc(C)c(C)c1. The molecule has 0 saturated carbocycles. The number of nitrogens with zero attached hydrogens (tertiary/aromatic N) is 1. The van der Waals surface area contributed by atoms with Crippen molar-refractivity contribution >= 4 is 40.3 Å². The minimum Gasteiger partial charge on any atom is -0.444 e. The Balaban J connectivity index is 2.07. The summed E-state index contributed by atoms with van der Waals surface area (Å²) in [6, 6.07) is 16.8. The van der Waals surface area contributed by atoms with Crippen LogP contribution in [0.1, 0.15) is 82.5 Å². The molecule has 4 N–H and O–H groups in total. The van der Waals surface area contributed by atoms with Gasteiger partial charge in [-0.2, -0.15) is 0 Å². The van der Waals surface area contributed by atoms with Gasteiger partial charge >= 0.3 is 6.09 Å². The Morgan fingerprint density at radius 3 is 2.23 bits per heavy atom. The first-order valence-electron chi connectivity index (χ1n) is 15.2. The molecule has 0 heterocycles. The third-order valence-electron chi connectivity index (χ3n) is 7.35. The lowest BCUT2D eigenvalue weighted by molar-refractivity contribution is -0.142. The Hall–Kier alpha value is -4.40. The maximum Gasteiger partial charge on any atom is 0.408 e. The second kappa shape index (κ2) is 15.4. The number of hydrogen-bond acceptors (Lipinski definition) is 5. The van der Waals surface area contributed by atoms with E-state index in [-0.39, 0.29) is 6.54 Å². The number of nitrogens with one attached hydrogen (secondary N) is 2. The van der Waals surface area contributed by atoms with Crippen LogP contribution >= 0.6 is 0 Å². The van der Waals surface area contributed by atoms with E-state index in [0.29, 0.717) is 17.7 Å². The van der Waals surface area contributed by atoms with E-state index < -0.39 is 47.9 Å². The predicted octanol–water partition coefficient (Wildman–Crippen LogP) is 6.31. The molecular weight excluding hydrogens is 556 g/mol. The number of ether oxygens (including phenoxy) is 1. The fraction of sp³-hybridized carbons (Fsp3) is 0.429. The van der Waals surface area contributed by atoms with Gasteiger partial charge in [0.25, 0.3) is 5.91 Å². The van der Waals surface area contributed by atoms with Gasteiger partial charge in [0.05, 0.1) is 6.42 Å². The van der Waals surface area contributed by atoms with Gasteiger partial charge in [-0.25, -0.2) is 4.79 Å². The summed E-state index contributed by atoms with van der Waals surface area (Å²) < 4.78 is 5.38. The smallest absolute Gasteiger partial charge is 0.408 e. The Labute approximate surface area is 260 Å². The molecule has 2 unspecified atom stereocenters. The first kappa shape index (κ1) is 34.1. The van der Waals surface area contributed by atoms with Crippen molar-refractivity contribution in [1.82, 2.24) is 10.2 Å². The fourth-order valence-electron chi connectivity index (χ4n) is 5.01. The third kappa shape index (κ3) is 9.82. The number of rotatable bonds is 13. The molecule has 9 nitrogen and oxygen atoms in total. The highest BCUT2D eigenvalue weighted by Crippen LogP contribution is 2.28.